The van der Waals surface area contributed by atoms with Gasteiger partial charge in [0.25, 0.3) is 5.91 Å². The van der Waals surface area contributed by atoms with Gasteiger partial charge in [-0.05, 0) is 52.0 Å². The summed E-state index contributed by atoms with van der Waals surface area (Å²) in [4.78, 5) is 12.7. The van der Waals surface area contributed by atoms with Crippen LogP contribution in [0.3, 0.4) is 0 Å². The Kier molecular flexibility index (Phi) is 10.2. The lowest BCUT2D eigenvalue weighted by Gasteiger charge is -2.31. The van der Waals surface area contributed by atoms with Crippen LogP contribution in [0.2, 0.25) is 5.02 Å². The molecule has 11 heteroatoms. The van der Waals surface area contributed by atoms with Crippen LogP contribution in [0.5, 0.6) is 0 Å². The number of amides is 1. The second kappa shape index (κ2) is 11.3. The Morgan fingerprint density at radius 1 is 0.889 bits per heavy atom. The summed E-state index contributed by atoms with van der Waals surface area (Å²) in [6.45, 7) is 6.50. The molecule has 0 aliphatic rings. The van der Waals surface area contributed by atoms with Crippen LogP contribution in [0, 0.1) is 0 Å². The second-order valence-electron chi connectivity index (χ2n) is 5.10. The molecule has 0 atom stereocenters. The number of carbonyl (C=O) groups excluding carboxylic acids is 1. The lowest BCUT2D eigenvalue weighted by Crippen LogP contribution is -2.37. The van der Waals surface area contributed by atoms with Gasteiger partial charge in [0.2, 0.25) is 5.52 Å². The summed E-state index contributed by atoms with van der Waals surface area (Å²) >= 11 is 5.83. The molecule has 0 aliphatic carbocycles. The van der Waals surface area contributed by atoms with E-state index in [9.17, 15) is 13.9 Å². The molecular weight excluding hydrogens is 416 g/mol. The number of carbonyl (C=O) groups is 1. The normalized spacial score (nSPS) is 12.4. The Labute approximate surface area is 164 Å². The van der Waals surface area contributed by atoms with E-state index >= 15 is 0 Å². The Morgan fingerprint density at radius 2 is 1.26 bits per heavy atom. The van der Waals surface area contributed by atoms with Crippen molar-refractivity contribution in [1.29, 1.82) is 0 Å². The van der Waals surface area contributed by atoms with E-state index in [1.807, 2.05) is 0 Å². The number of nitrogens with one attached hydrogen (secondary N) is 1. The zero-order valence-electron chi connectivity index (χ0n) is 15.8. The van der Waals surface area contributed by atoms with Gasteiger partial charge >= 0.3 is 15.2 Å². The van der Waals surface area contributed by atoms with E-state index < -0.39 is 26.6 Å². The molecule has 0 aliphatic heterocycles. The first kappa shape index (κ1) is 24.3. The SMILES string of the molecule is CCOP(=O)(OCC)C(NC(=O)c1ccc(Cl)cc1)P(=O)(OCC)OCC. The van der Waals surface area contributed by atoms with Crippen LogP contribution in [0.1, 0.15) is 38.1 Å². The molecule has 1 N–H and O–H groups in total. The maximum absolute atomic E-state index is 13.3. The van der Waals surface area contributed by atoms with Crippen molar-refractivity contribution in [2.75, 3.05) is 26.4 Å². The molecule has 0 heterocycles. The molecule has 0 unspecified atom stereocenters. The average Bonchev–Trinajstić information content (AvgIpc) is 2.60. The van der Waals surface area contributed by atoms with E-state index in [0.717, 1.165) is 0 Å². The van der Waals surface area contributed by atoms with Crippen LogP contribution >= 0.6 is 26.8 Å². The molecule has 0 spiro atoms. The van der Waals surface area contributed by atoms with Crippen molar-refractivity contribution in [3.63, 3.8) is 0 Å². The monoisotopic (exact) mass is 441 g/mol. The highest BCUT2D eigenvalue weighted by atomic mass is 35.5. The predicted molar refractivity (Wildman–Crippen MR) is 104 cm³/mol. The van der Waals surface area contributed by atoms with Crippen LogP contribution < -0.4 is 5.32 Å². The number of hydrogen-bond acceptors (Lipinski definition) is 7. The molecule has 27 heavy (non-hydrogen) atoms. The van der Waals surface area contributed by atoms with E-state index in [-0.39, 0.29) is 32.0 Å². The zero-order valence-corrected chi connectivity index (χ0v) is 18.4. The fourth-order valence-corrected chi connectivity index (χ4v) is 7.23. The first-order chi connectivity index (χ1) is 12.8. The molecular formula is C16H26ClNO7P2. The van der Waals surface area contributed by atoms with Crippen molar-refractivity contribution in [3.05, 3.63) is 34.9 Å². The third-order valence-electron chi connectivity index (χ3n) is 3.20. The minimum Gasteiger partial charge on any atom is -0.328 e. The molecule has 0 saturated carbocycles. The van der Waals surface area contributed by atoms with Crippen molar-refractivity contribution in [1.82, 2.24) is 5.32 Å². The molecule has 0 radical (unpaired) electrons. The van der Waals surface area contributed by atoms with E-state index in [2.05, 4.69) is 5.32 Å². The Hall–Kier alpha value is -0.720. The Bertz CT molecular complexity index is 649. The van der Waals surface area contributed by atoms with Crippen molar-refractivity contribution < 1.29 is 32.0 Å². The van der Waals surface area contributed by atoms with Gasteiger partial charge < -0.3 is 23.4 Å². The van der Waals surface area contributed by atoms with Gasteiger partial charge in [-0.2, -0.15) is 0 Å². The zero-order chi connectivity index (χ0) is 20.5. The van der Waals surface area contributed by atoms with Crippen LogP contribution in [-0.2, 0) is 27.2 Å². The van der Waals surface area contributed by atoms with E-state index in [0.29, 0.717) is 5.02 Å². The summed E-state index contributed by atoms with van der Waals surface area (Å²) in [6, 6.07) is 6.02. The molecule has 1 aromatic carbocycles. The highest BCUT2D eigenvalue weighted by Crippen LogP contribution is 2.69. The number of benzene rings is 1. The third-order valence-corrected chi connectivity index (χ3v) is 9.08. The maximum atomic E-state index is 13.3. The van der Waals surface area contributed by atoms with Gasteiger partial charge in [-0.1, -0.05) is 11.6 Å². The summed E-state index contributed by atoms with van der Waals surface area (Å²) in [5.74, 6) is -0.643. The van der Waals surface area contributed by atoms with E-state index in [1.54, 1.807) is 27.7 Å². The number of hydrogen-bond donors (Lipinski definition) is 1. The largest absolute Gasteiger partial charge is 0.365 e. The van der Waals surface area contributed by atoms with Gasteiger partial charge in [-0.25, -0.2) is 0 Å². The van der Waals surface area contributed by atoms with Gasteiger partial charge in [-0.15, -0.1) is 0 Å². The van der Waals surface area contributed by atoms with Crippen molar-refractivity contribution in [3.8, 4) is 0 Å². The smallest absolute Gasteiger partial charge is 0.328 e. The fraction of sp³-hybridized carbons (Fsp3) is 0.562. The number of rotatable bonds is 12. The summed E-state index contributed by atoms with van der Waals surface area (Å²) in [6.07, 6.45) is 0. The van der Waals surface area contributed by atoms with Gasteiger partial charge in [0.1, 0.15) is 0 Å². The van der Waals surface area contributed by atoms with Crippen molar-refractivity contribution in [2.45, 2.75) is 33.2 Å². The second-order valence-corrected chi connectivity index (χ2v) is 10.2. The van der Waals surface area contributed by atoms with Crippen LogP contribution in [-0.4, -0.2) is 37.9 Å². The quantitative estimate of drug-likeness (QED) is 0.461. The van der Waals surface area contributed by atoms with Gasteiger partial charge in [0, 0.05) is 10.6 Å². The summed E-state index contributed by atoms with van der Waals surface area (Å²) in [5, 5.41) is 2.92. The molecule has 1 rings (SSSR count). The maximum Gasteiger partial charge on any atom is 0.365 e. The number of halogens is 1. The molecule has 154 valence electrons. The summed E-state index contributed by atoms with van der Waals surface area (Å²) in [7, 11) is -8.13. The summed E-state index contributed by atoms with van der Waals surface area (Å²) in [5.41, 5.74) is -1.39. The molecule has 0 fully saturated rings. The fourth-order valence-electron chi connectivity index (χ4n) is 2.21. The summed E-state index contributed by atoms with van der Waals surface area (Å²) < 4.78 is 47.8. The average molecular weight is 442 g/mol. The molecule has 0 bridgehead atoms. The van der Waals surface area contributed by atoms with Crippen molar-refractivity contribution in [2.24, 2.45) is 0 Å². The van der Waals surface area contributed by atoms with Gasteiger partial charge in [-0.3, -0.25) is 13.9 Å². The van der Waals surface area contributed by atoms with E-state index in [1.165, 1.54) is 24.3 Å². The first-order valence-corrected chi connectivity index (χ1v) is 12.2. The topological polar surface area (TPSA) is 100 Å². The van der Waals surface area contributed by atoms with E-state index in [4.69, 9.17) is 29.7 Å². The van der Waals surface area contributed by atoms with Crippen molar-refractivity contribution >= 4 is 32.7 Å². The lowest BCUT2D eigenvalue weighted by molar-refractivity contribution is 0.0938. The van der Waals surface area contributed by atoms with Gasteiger partial charge in [0.05, 0.1) is 26.4 Å². The van der Waals surface area contributed by atoms with Crippen LogP contribution in [0.15, 0.2) is 24.3 Å². The Balaban J connectivity index is 3.34. The molecule has 1 amide bonds. The predicted octanol–water partition coefficient (Wildman–Crippen LogP) is 4.89. The molecule has 0 saturated heterocycles. The first-order valence-electron chi connectivity index (χ1n) is 8.60. The minimum absolute atomic E-state index is 0.0167. The standard InChI is InChI=1S/C16H26ClNO7P2/c1-5-22-26(20,23-6-2)16(27(21,24-7-3)25-8-4)18-15(19)13-9-11-14(17)12-10-13/h9-12,16H,5-8H2,1-4H3,(H,18,19). The van der Waals surface area contributed by atoms with Gasteiger partial charge in [0.15, 0.2) is 0 Å². The third kappa shape index (κ3) is 6.68. The van der Waals surface area contributed by atoms with Crippen LogP contribution in [0.25, 0.3) is 0 Å². The minimum atomic E-state index is -4.07. The Morgan fingerprint density at radius 3 is 1.59 bits per heavy atom. The highest BCUT2D eigenvalue weighted by Gasteiger charge is 2.52. The lowest BCUT2D eigenvalue weighted by atomic mass is 10.2. The highest BCUT2D eigenvalue weighted by molar-refractivity contribution is 7.72. The molecule has 0 aromatic heterocycles. The molecule has 8 nitrogen and oxygen atoms in total. The van der Waals surface area contributed by atoms with Crippen LogP contribution in [0.4, 0.5) is 0 Å². The molecule has 1 aromatic rings.